The minimum atomic E-state index is -0.791. The molecular formula is C10H11Cl2NO2. The Morgan fingerprint density at radius 1 is 1.27 bits per heavy atom. The summed E-state index contributed by atoms with van der Waals surface area (Å²) in [6.45, 7) is 0.586. The van der Waals surface area contributed by atoms with Gasteiger partial charge in [-0.3, -0.25) is 4.79 Å². The molecule has 0 saturated heterocycles. The molecule has 0 radical (unpaired) electrons. The van der Waals surface area contributed by atoms with Crippen LogP contribution in [0, 0.1) is 0 Å². The molecule has 3 nitrogen and oxygen atoms in total. The number of nitrogens with one attached hydrogen (secondary N) is 1. The van der Waals surface area contributed by atoms with Crippen molar-refractivity contribution in [1.82, 2.24) is 0 Å². The van der Waals surface area contributed by atoms with E-state index in [4.69, 9.17) is 28.3 Å². The number of benzene rings is 1. The SMILES string of the molecule is O=C(O)CCCNc1cc(Cl)cc(Cl)c1. The molecule has 15 heavy (non-hydrogen) atoms. The molecule has 0 heterocycles. The third-order valence-electron chi connectivity index (χ3n) is 1.76. The van der Waals surface area contributed by atoms with E-state index in [0.717, 1.165) is 5.69 Å². The number of rotatable bonds is 5. The summed E-state index contributed by atoms with van der Waals surface area (Å²) in [5, 5.41) is 12.6. The standard InChI is InChI=1S/C10H11Cl2NO2/c11-7-4-8(12)6-9(5-7)13-3-1-2-10(14)15/h4-6,13H,1-3H2,(H,14,15). The highest BCUT2D eigenvalue weighted by Gasteiger charge is 1.99. The molecule has 0 spiro atoms. The quantitative estimate of drug-likeness (QED) is 0.786. The summed E-state index contributed by atoms with van der Waals surface area (Å²) in [7, 11) is 0. The van der Waals surface area contributed by atoms with E-state index in [1.54, 1.807) is 18.2 Å². The minimum Gasteiger partial charge on any atom is -0.481 e. The predicted octanol–water partition coefficient (Wildman–Crippen LogP) is 3.27. The van der Waals surface area contributed by atoms with E-state index in [1.165, 1.54) is 0 Å². The summed E-state index contributed by atoms with van der Waals surface area (Å²) in [4.78, 5) is 10.2. The average Bonchev–Trinajstić information content (AvgIpc) is 2.10. The van der Waals surface area contributed by atoms with Crippen LogP contribution in [-0.4, -0.2) is 17.6 Å². The van der Waals surface area contributed by atoms with Crippen LogP contribution in [0.1, 0.15) is 12.8 Å². The first-order valence-corrected chi connectivity index (χ1v) is 5.25. The lowest BCUT2D eigenvalue weighted by Crippen LogP contribution is -2.04. The molecule has 0 bridgehead atoms. The Kier molecular flexibility index (Phi) is 4.72. The molecule has 0 aliphatic carbocycles. The Hall–Kier alpha value is -0.930. The van der Waals surface area contributed by atoms with Crippen LogP contribution in [0.4, 0.5) is 5.69 Å². The molecule has 0 fully saturated rings. The second-order valence-electron chi connectivity index (χ2n) is 3.08. The molecule has 0 unspecified atom stereocenters. The number of hydrogen-bond donors (Lipinski definition) is 2. The van der Waals surface area contributed by atoms with Crippen LogP contribution in [-0.2, 0) is 4.79 Å². The Labute approximate surface area is 98.0 Å². The number of carboxylic acid groups (broad SMARTS) is 1. The van der Waals surface area contributed by atoms with Crippen LogP contribution in [0.25, 0.3) is 0 Å². The fourth-order valence-corrected chi connectivity index (χ4v) is 1.65. The second kappa shape index (κ2) is 5.83. The Balaban J connectivity index is 2.40. The summed E-state index contributed by atoms with van der Waals surface area (Å²) >= 11 is 11.6. The van der Waals surface area contributed by atoms with E-state index in [2.05, 4.69) is 5.32 Å². The van der Waals surface area contributed by atoms with E-state index in [-0.39, 0.29) is 6.42 Å². The molecule has 1 rings (SSSR count). The van der Waals surface area contributed by atoms with Gasteiger partial charge in [-0.2, -0.15) is 0 Å². The predicted molar refractivity (Wildman–Crippen MR) is 61.8 cm³/mol. The van der Waals surface area contributed by atoms with Crippen molar-refractivity contribution >= 4 is 34.9 Å². The molecule has 5 heteroatoms. The van der Waals surface area contributed by atoms with Crippen molar-refractivity contribution in [2.75, 3.05) is 11.9 Å². The first-order valence-electron chi connectivity index (χ1n) is 4.49. The van der Waals surface area contributed by atoms with Gasteiger partial charge in [0.2, 0.25) is 0 Å². The van der Waals surface area contributed by atoms with Crippen molar-refractivity contribution in [1.29, 1.82) is 0 Å². The summed E-state index contributed by atoms with van der Waals surface area (Å²) in [5.41, 5.74) is 0.804. The van der Waals surface area contributed by atoms with Crippen molar-refractivity contribution in [2.45, 2.75) is 12.8 Å². The lowest BCUT2D eigenvalue weighted by Gasteiger charge is -2.06. The number of halogens is 2. The molecule has 0 aliphatic heterocycles. The number of hydrogen-bond acceptors (Lipinski definition) is 2. The molecule has 0 aliphatic rings. The molecule has 0 atom stereocenters. The van der Waals surface area contributed by atoms with Crippen LogP contribution in [0.3, 0.4) is 0 Å². The van der Waals surface area contributed by atoms with Crippen molar-refractivity contribution in [3.63, 3.8) is 0 Å². The van der Waals surface area contributed by atoms with Gasteiger partial charge >= 0.3 is 5.97 Å². The van der Waals surface area contributed by atoms with Crippen LogP contribution >= 0.6 is 23.2 Å². The van der Waals surface area contributed by atoms with Crippen molar-refractivity contribution in [2.24, 2.45) is 0 Å². The van der Waals surface area contributed by atoms with Gasteiger partial charge in [0.1, 0.15) is 0 Å². The fraction of sp³-hybridized carbons (Fsp3) is 0.300. The van der Waals surface area contributed by atoms with Gasteiger partial charge in [-0.15, -0.1) is 0 Å². The lowest BCUT2D eigenvalue weighted by atomic mass is 10.3. The van der Waals surface area contributed by atoms with Gasteiger partial charge < -0.3 is 10.4 Å². The number of carboxylic acids is 1. The van der Waals surface area contributed by atoms with E-state index in [9.17, 15) is 4.79 Å². The topological polar surface area (TPSA) is 49.3 Å². The zero-order valence-electron chi connectivity index (χ0n) is 7.96. The average molecular weight is 248 g/mol. The first-order chi connectivity index (χ1) is 7.08. The maximum atomic E-state index is 10.2. The van der Waals surface area contributed by atoms with Gasteiger partial charge in [-0.25, -0.2) is 0 Å². The van der Waals surface area contributed by atoms with Gasteiger partial charge in [-0.1, -0.05) is 23.2 Å². The van der Waals surface area contributed by atoms with Gasteiger partial charge in [0.15, 0.2) is 0 Å². The fourth-order valence-electron chi connectivity index (χ4n) is 1.13. The summed E-state index contributed by atoms with van der Waals surface area (Å²) in [6.07, 6.45) is 0.723. The van der Waals surface area contributed by atoms with Crippen LogP contribution in [0.5, 0.6) is 0 Å². The molecule has 2 N–H and O–H groups in total. The molecular weight excluding hydrogens is 237 g/mol. The van der Waals surface area contributed by atoms with Gasteiger partial charge in [0, 0.05) is 28.7 Å². The molecule has 0 saturated carbocycles. The Bertz CT molecular complexity index is 335. The Morgan fingerprint density at radius 3 is 2.40 bits per heavy atom. The summed E-state index contributed by atoms with van der Waals surface area (Å²) in [6, 6.07) is 5.13. The van der Waals surface area contributed by atoms with E-state index in [1.807, 2.05) is 0 Å². The van der Waals surface area contributed by atoms with Gasteiger partial charge in [0.05, 0.1) is 0 Å². The third kappa shape index (κ3) is 4.91. The first kappa shape index (κ1) is 12.1. The highest BCUT2D eigenvalue weighted by Crippen LogP contribution is 2.22. The second-order valence-corrected chi connectivity index (χ2v) is 3.96. The highest BCUT2D eigenvalue weighted by atomic mass is 35.5. The molecule has 1 aromatic rings. The van der Waals surface area contributed by atoms with E-state index in [0.29, 0.717) is 23.0 Å². The zero-order valence-corrected chi connectivity index (χ0v) is 9.48. The zero-order chi connectivity index (χ0) is 11.3. The van der Waals surface area contributed by atoms with Crippen molar-refractivity contribution < 1.29 is 9.90 Å². The molecule has 0 amide bonds. The van der Waals surface area contributed by atoms with Crippen LogP contribution in [0.15, 0.2) is 18.2 Å². The molecule has 1 aromatic carbocycles. The molecule has 0 aromatic heterocycles. The van der Waals surface area contributed by atoms with Gasteiger partial charge in [0.25, 0.3) is 0 Å². The minimum absolute atomic E-state index is 0.154. The van der Waals surface area contributed by atoms with Crippen LogP contribution in [0.2, 0.25) is 10.0 Å². The monoisotopic (exact) mass is 247 g/mol. The number of carbonyl (C=O) groups is 1. The van der Waals surface area contributed by atoms with Crippen LogP contribution < -0.4 is 5.32 Å². The van der Waals surface area contributed by atoms with E-state index < -0.39 is 5.97 Å². The maximum absolute atomic E-state index is 10.2. The summed E-state index contributed by atoms with van der Waals surface area (Å²) in [5.74, 6) is -0.791. The highest BCUT2D eigenvalue weighted by molar-refractivity contribution is 6.35. The summed E-state index contributed by atoms with van der Waals surface area (Å²) < 4.78 is 0. The molecule has 82 valence electrons. The van der Waals surface area contributed by atoms with Crippen molar-refractivity contribution in [3.8, 4) is 0 Å². The number of anilines is 1. The third-order valence-corrected chi connectivity index (χ3v) is 2.20. The lowest BCUT2D eigenvalue weighted by molar-refractivity contribution is -0.137. The van der Waals surface area contributed by atoms with Crippen molar-refractivity contribution in [3.05, 3.63) is 28.2 Å². The largest absolute Gasteiger partial charge is 0.481 e. The Morgan fingerprint density at radius 2 is 1.87 bits per heavy atom. The smallest absolute Gasteiger partial charge is 0.303 e. The maximum Gasteiger partial charge on any atom is 0.303 e. The van der Waals surface area contributed by atoms with E-state index >= 15 is 0 Å². The van der Waals surface area contributed by atoms with Gasteiger partial charge in [-0.05, 0) is 24.6 Å². The number of aliphatic carboxylic acids is 1. The normalized spacial score (nSPS) is 10.0.